The normalized spacial score (nSPS) is 11.7. The molecule has 0 aliphatic rings. The van der Waals surface area contributed by atoms with Crippen LogP contribution >= 0.6 is 11.6 Å². The van der Waals surface area contributed by atoms with Gasteiger partial charge in [0.05, 0.1) is 5.88 Å². The second kappa shape index (κ2) is 4.28. The summed E-state index contributed by atoms with van der Waals surface area (Å²) in [7, 11) is 3.19. The Labute approximate surface area is 108 Å². The van der Waals surface area contributed by atoms with E-state index in [1.807, 2.05) is 13.8 Å². The molecule has 0 saturated carbocycles. The van der Waals surface area contributed by atoms with Gasteiger partial charge in [-0.2, -0.15) is 0 Å². The minimum absolute atomic E-state index is 0.0788. The predicted octanol–water partition coefficient (Wildman–Crippen LogP) is 0.753. The highest BCUT2D eigenvalue weighted by Crippen LogP contribution is 2.14. The van der Waals surface area contributed by atoms with Crippen molar-refractivity contribution in [3.8, 4) is 0 Å². The number of halogens is 1. The van der Waals surface area contributed by atoms with E-state index in [2.05, 4.69) is 4.98 Å². The van der Waals surface area contributed by atoms with Crippen molar-refractivity contribution in [3.05, 3.63) is 26.7 Å². The highest BCUT2D eigenvalue weighted by Gasteiger charge is 2.19. The number of hydrogen-bond donors (Lipinski definition) is 0. The van der Waals surface area contributed by atoms with E-state index in [-0.39, 0.29) is 23.2 Å². The summed E-state index contributed by atoms with van der Waals surface area (Å²) in [4.78, 5) is 28.5. The van der Waals surface area contributed by atoms with Gasteiger partial charge in [0.25, 0.3) is 5.56 Å². The summed E-state index contributed by atoms with van der Waals surface area (Å²) in [6.45, 7) is 3.75. The number of imidazole rings is 1. The molecule has 2 rings (SSSR count). The van der Waals surface area contributed by atoms with Crippen molar-refractivity contribution in [1.29, 1.82) is 0 Å². The quantitative estimate of drug-likeness (QED) is 0.757. The molecule has 0 aliphatic heterocycles. The predicted molar refractivity (Wildman–Crippen MR) is 70.2 cm³/mol. The van der Waals surface area contributed by atoms with Crippen LogP contribution in [0.1, 0.15) is 25.7 Å². The van der Waals surface area contributed by atoms with Crippen molar-refractivity contribution in [3.63, 3.8) is 0 Å². The van der Waals surface area contributed by atoms with Gasteiger partial charge in [-0.1, -0.05) is 0 Å². The minimum Gasteiger partial charge on any atom is -0.324 e. The lowest BCUT2D eigenvalue weighted by Gasteiger charge is -2.11. The van der Waals surface area contributed by atoms with Gasteiger partial charge in [-0.05, 0) is 13.8 Å². The third kappa shape index (κ3) is 1.59. The molecule has 2 aromatic heterocycles. The summed E-state index contributed by atoms with van der Waals surface area (Å²) >= 11 is 5.79. The van der Waals surface area contributed by atoms with Crippen LogP contribution in [0.2, 0.25) is 0 Å². The lowest BCUT2D eigenvalue weighted by molar-refractivity contribution is 0.551. The summed E-state index contributed by atoms with van der Waals surface area (Å²) in [6.07, 6.45) is 0. The highest BCUT2D eigenvalue weighted by atomic mass is 35.5. The Kier molecular flexibility index (Phi) is 3.06. The van der Waals surface area contributed by atoms with Crippen LogP contribution in [-0.2, 0) is 20.0 Å². The molecule has 0 amide bonds. The molecule has 18 heavy (non-hydrogen) atoms. The highest BCUT2D eigenvalue weighted by molar-refractivity contribution is 6.16. The molecule has 0 spiro atoms. The molecule has 0 radical (unpaired) electrons. The van der Waals surface area contributed by atoms with Gasteiger partial charge < -0.3 is 4.57 Å². The Morgan fingerprint density at radius 3 is 2.33 bits per heavy atom. The molecule has 0 fully saturated rings. The monoisotopic (exact) mass is 270 g/mol. The fourth-order valence-corrected chi connectivity index (χ4v) is 2.26. The van der Waals surface area contributed by atoms with Gasteiger partial charge in [-0.25, -0.2) is 9.78 Å². The number of alkyl halides is 1. The van der Waals surface area contributed by atoms with E-state index in [0.29, 0.717) is 17.0 Å². The molecule has 98 valence electrons. The third-order valence-electron chi connectivity index (χ3n) is 3.03. The fourth-order valence-electron chi connectivity index (χ4n) is 2.02. The Balaban J connectivity index is 3.10. The molecule has 0 aliphatic carbocycles. The van der Waals surface area contributed by atoms with Crippen molar-refractivity contribution < 1.29 is 0 Å². The lowest BCUT2D eigenvalue weighted by atomic mass is 10.3. The molecule has 2 aromatic rings. The Hall–Kier alpha value is -1.56. The van der Waals surface area contributed by atoms with E-state index in [0.717, 1.165) is 4.57 Å². The standard InChI is InChI=1S/C11H15ClN4O2/c1-6(2)16-9-8(10(17)15(4)11(16)18)14(3)7(5-12)13-9/h6H,5H2,1-4H3. The van der Waals surface area contributed by atoms with E-state index in [4.69, 9.17) is 11.6 Å². The van der Waals surface area contributed by atoms with E-state index in [9.17, 15) is 9.59 Å². The molecule has 0 atom stereocenters. The second-order valence-corrected chi connectivity index (χ2v) is 4.77. The average Bonchev–Trinajstić information content (AvgIpc) is 2.63. The molecule has 0 saturated heterocycles. The van der Waals surface area contributed by atoms with E-state index < -0.39 is 0 Å². The summed E-state index contributed by atoms with van der Waals surface area (Å²) < 4.78 is 4.25. The summed E-state index contributed by atoms with van der Waals surface area (Å²) in [5.41, 5.74) is 0.0951. The number of nitrogens with zero attached hydrogens (tertiary/aromatic N) is 4. The van der Waals surface area contributed by atoms with Crippen LogP contribution in [0.25, 0.3) is 11.2 Å². The summed E-state index contributed by atoms with van der Waals surface area (Å²) in [5, 5.41) is 0. The molecular weight excluding hydrogens is 256 g/mol. The first-order chi connectivity index (χ1) is 8.40. The zero-order valence-corrected chi connectivity index (χ0v) is 11.5. The Morgan fingerprint density at radius 2 is 1.83 bits per heavy atom. The van der Waals surface area contributed by atoms with E-state index in [1.165, 1.54) is 11.6 Å². The average molecular weight is 271 g/mol. The van der Waals surface area contributed by atoms with E-state index >= 15 is 0 Å². The maximum atomic E-state index is 12.1. The van der Waals surface area contributed by atoms with Gasteiger partial charge in [-0.15, -0.1) is 11.6 Å². The van der Waals surface area contributed by atoms with Crippen molar-refractivity contribution in [1.82, 2.24) is 18.7 Å². The molecule has 6 nitrogen and oxygen atoms in total. The number of rotatable bonds is 2. The number of aryl methyl sites for hydroxylation is 1. The topological polar surface area (TPSA) is 61.8 Å². The van der Waals surface area contributed by atoms with E-state index in [1.54, 1.807) is 11.6 Å². The molecule has 7 heteroatoms. The van der Waals surface area contributed by atoms with Crippen molar-refractivity contribution >= 4 is 22.8 Å². The molecule has 2 heterocycles. The summed E-state index contributed by atoms with van der Waals surface area (Å²) in [6, 6.07) is -0.0788. The number of fused-ring (bicyclic) bond motifs is 1. The van der Waals surface area contributed by atoms with Crippen LogP contribution in [0.5, 0.6) is 0 Å². The first-order valence-electron chi connectivity index (χ1n) is 5.63. The van der Waals surface area contributed by atoms with Crippen LogP contribution in [0.4, 0.5) is 0 Å². The number of hydrogen-bond acceptors (Lipinski definition) is 3. The Bertz CT molecular complexity index is 723. The van der Waals surface area contributed by atoms with Gasteiger partial charge >= 0.3 is 5.69 Å². The maximum Gasteiger partial charge on any atom is 0.332 e. The van der Waals surface area contributed by atoms with Crippen LogP contribution in [0.15, 0.2) is 9.59 Å². The number of aromatic nitrogens is 4. The smallest absolute Gasteiger partial charge is 0.324 e. The zero-order chi connectivity index (χ0) is 13.6. The van der Waals surface area contributed by atoms with Crippen LogP contribution < -0.4 is 11.2 Å². The second-order valence-electron chi connectivity index (χ2n) is 4.50. The van der Waals surface area contributed by atoms with Gasteiger partial charge in [0.2, 0.25) is 0 Å². The van der Waals surface area contributed by atoms with Crippen molar-refractivity contribution in [2.24, 2.45) is 14.1 Å². The third-order valence-corrected chi connectivity index (χ3v) is 3.27. The molecule has 0 N–H and O–H groups in total. The van der Waals surface area contributed by atoms with Crippen LogP contribution in [0, 0.1) is 0 Å². The SMILES string of the molecule is CC(C)n1c(=O)n(C)c(=O)c2c1nc(CCl)n2C. The Morgan fingerprint density at radius 1 is 1.22 bits per heavy atom. The van der Waals surface area contributed by atoms with Crippen LogP contribution in [0.3, 0.4) is 0 Å². The van der Waals surface area contributed by atoms with Gasteiger partial charge in [-0.3, -0.25) is 13.9 Å². The van der Waals surface area contributed by atoms with Crippen LogP contribution in [-0.4, -0.2) is 18.7 Å². The first-order valence-corrected chi connectivity index (χ1v) is 6.16. The summed E-state index contributed by atoms with van der Waals surface area (Å²) in [5.74, 6) is 0.768. The molecule has 0 bridgehead atoms. The minimum atomic E-state index is -0.360. The molecule has 0 aromatic carbocycles. The zero-order valence-electron chi connectivity index (χ0n) is 10.8. The lowest BCUT2D eigenvalue weighted by Crippen LogP contribution is -2.39. The van der Waals surface area contributed by atoms with Gasteiger partial charge in [0, 0.05) is 20.1 Å². The maximum absolute atomic E-state index is 12.1. The first kappa shape index (κ1) is 12.9. The van der Waals surface area contributed by atoms with Crippen molar-refractivity contribution in [2.75, 3.05) is 0 Å². The van der Waals surface area contributed by atoms with Gasteiger partial charge in [0.1, 0.15) is 5.82 Å². The fraction of sp³-hybridized carbons (Fsp3) is 0.545. The van der Waals surface area contributed by atoms with Crippen molar-refractivity contribution in [2.45, 2.75) is 25.8 Å². The molecular formula is C11H15ClN4O2. The van der Waals surface area contributed by atoms with Gasteiger partial charge in [0.15, 0.2) is 11.2 Å². The largest absolute Gasteiger partial charge is 0.332 e. The molecule has 0 unspecified atom stereocenters.